The Morgan fingerprint density at radius 1 is 1.00 bits per heavy atom. The number of hydrogen-bond acceptors (Lipinski definition) is 6. The summed E-state index contributed by atoms with van der Waals surface area (Å²) in [6.07, 6.45) is 2.99. The van der Waals surface area contributed by atoms with Crippen LogP contribution >= 0.6 is 0 Å². The third-order valence-electron chi connectivity index (χ3n) is 5.58. The van der Waals surface area contributed by atoms with Crippen LogP contribution in [0.3, 0.4) is 0 Å². The highest BCUT2D eigenvalue weighted by Gasteiger charge is 2.32. The highest BCUT2D eigenvalue weighted by Crippen LogP contribution is 2.26. The van der Waals surface area contributed by atoms with Crippen molar-refractivity contribution in [3.63, 3.8) is 0 Å². The molecule has 208 valence electrons. The van der Waals surface area contributed by atoms with E-state index >= 15 is 0 Å². The Kier molecular flexibility index (Phi) is 13.7. The molecule has 0 heterocycles. The van der Waals surface area contributed by atoms with Crippen LogP contribution in [0.2, 0.25) is 0 Å². The first-order chi connectivity index (χ1) is 17.4. The van der Waals surface area contributed by atoms with Crippen molar-refractivity contribution in [2.24, 2.45) is 0 Å². The van der Waals surface area contributed by atoms with Crippen molar-refractivity contribution in [3.05, 3.63) is 34.9 Å². The van der Waals surface area contributed by atoms with Crippen LogP contribution in [-0.2, 0) is 23.9 Å². The third-order valence-corrected chi connectivity index (χ3v) is 5.58. The lowest BCUT2D eigenvalue weighted by Gasteiger charge is -2.33. The van der Waals surface area contributed by atoms with Crippen LogP contribution in [0.25, 0.3) is 0 Å². The van der Waals surface area contributed by atoms with E-state index < -0.39 is 29.6 Å². The summed E-state index contributed by atoms with van der Waals surface area (Å²) in [5.41, 5.74) is 1.82. The second-order valence-corrected chi connectivity index (χ2v) is 10.1. The number of alkyl carbamates (subject to hydrolysis) is 1. The van der Waals surface area contributed by atoms with Gasteiger partial charge in [-0.15, -0.1) is 0 Å². The minimum Gasteiger partial charge on any atom is -0.466 e. The number of amides is 3. The van der Waals surface area contributed by atoms with E-state index in [-0.39, 0.29) is 32.0 Å². The molecule has 0 saturated heterocycles. The fourth-order valence-electron chi connectivity index (χ4n) is 3.79. The fraction of sp³-hybridized carbons (Fsp3) is 0.643. The zero-order chi connectivity index (χ0) is 28.0. The molecule has 0 saturated carbocycles. The van der Waals surface area contributed by atoms with E-state index in [1.165, 1.54) is 4.90 Å². The lowest BCUT2D eigenvalue weighted by atomic mass is 9.96. The summed E-state index contributed by atoms with van der Waals surface area (Å²) in [6.45, 7) is 13.3. The van der Waals surface area contributed by atoms with Gasteiger partial charge in [0.2, 0.25) is 11.8 Å². The quantitative estimate of drug-likeness (QED) is 0.279. The van der Waals surface area contributed by atoms with Crippen molar-refractivity contribution in [3.8, 4) is 0 Å². The van der Waals surface area contributed by atoms with Crippen molar-refractivity contribution >= 4 is 23.9 Å². The number of nitrogens with zero attached hydrogens (tertiary/aromatic N) is 1. The first-order valence-electron chi connectivity index (χ1n) is 13.2. The van der Waals surface area contributed by atoms with E-state index in [1.54, 1.807) is 27.7 Å². The second-order valence-electron chi connectivity index (χ2n) is 10.1. The Labute approximate surface area is 221 Å². The van der Waals surface area contributed by atoms with Crippen molar-refractivity contribution in [1.82, 2.24) is 15.5 Å². The predicted molar refractivity (Wildman–Crippen MR) is 143 cm³/mol. The SMILES string of the molecule is CCCCCCN(C(=O)CNC(=O)OC(C)(C)C)C(C(=O)NCCC(=O)OCC)c1cc(C)ccc1C. The molecule has 1 aromatic rings. The van der Waals surface area contributed by atoms with E-state index in [2.05, 4.69) is 17.6 Å². The van der Waals surface area contributed by atoms with Crippen LogP contribution in [0.1, 0.15) is 89.5 Å². The van der Waals surface area contributed by atoms with E-state index in [4.69, 9.17) is 9.47 Å². The molecule has 0 aliphatic rings. The van der Waals surface area contributed by atoms with Crippen LogP contribution in [0.4, 0.5) is 4.79 Å². The lowest BCUT2D eigenvalue weighted by molar-refractivity contribution is -0.143. The fourth-order valence-corrected chi connectivity index (χ4v) is 3.79. The molecule has 0 bridgehead atoms. The molecule has 1 atom stereocenters. The van der Waals surface area contributed by atoms with Gasteiger partial charge in [0, 0.05) is 13.1 Å². The standard InChI is InChI=1S/C28H45N3O6/c1-8-10-11-12-17-31(23(32)19-30-27(35)37-28(5,6)7)25(22-18-20(3)13-14-21(22)4)26(34)29-16-15-24(33)36-9-2/h13-14,18,25H,8-12,15-17,19H2,1-7H3,(H,29,34)(H,30,35). The number of hydrogen-bond donors (Lipinski definition) is 2. The maximum Gasteiger partial charge on any atom is 0.408 e. The van der Waals surface area contributed by atoms with Crippen molar-refractivity contribution in [1.29, 1.82) is 0 Å². The van der Waals surface area contributed by atoms with Gasteiger partial charge in [-0.3, -0.25) is 14.4 Å². The number of esters is 1. The van der Waals surface area contributed by atoms with Gasteiger partial charge < -0.3 is 25.0 Å². The summed E-state index contributed by atoms with van der Waals surface area (Å²) >= 11 is 0. The van der Waals surface area contributed by atoms with E-state index in [9.17, 15) is 19.2 Å². The zero-order valence-corrected chi connectivity index (χ0v) is 23.6. The number of carbonyl (C=O) groups is 4. The predicted octanol–water partition coefficient (Wildman–Crippen LogP) is 4.35. The Bertz CT molecular complexity index is 910. The molecule has 0 radical (unpaired) electrons. The maximum atomic E-state index is 13.5. The Hall–Kier alpha value is -3.10. The molecule has 9 nitrogen and oxygen atoms in total. The van der Waals surface area contributed by atoms with Gasteiger partial charge in [-0.05, 0) is 59.1 Å². The largest absolute Gasteiger partial charge is 0.466 e. The molecular weight excluding hydrogens is 474 g/mol. The molecule has 1 unspecified atom stereocenters. The first kappa shape index (κ1) is 31.9. The topological polar surface area (TPSA) is 114 Å². The molecule has 3 amide bonds. The average molecular weight is 520 g/mol. The summed E-state index contributed by atoms with van der Waals surface area (Å²) in [7, 11) is 0. The second kappa shape index (κ2) is 15.9. The zero-order valence-electron chi connectivity index (χ0n) is 23.6. The Morgan fingerprint density at radius 3 is 2.32 bits per heavy atom. The monoisotopic (exact) mass is 519 g/mol. The number of benzene rings is 1. The molecule has 37 heavy (non-hydrogen) atoms. The number of aryl methyl sites for hydroxylation is 2. The Balaban J connectivity index is 3.24. The number of nitrogens with one attached hydrogen (secondary N) is 2. The van der Waals surface area contributed by atoms with Gasteiger partial charge in [0.25, 0.3) is 0 Å². The minimum atomic E-state index is -0.920. The summed E-state index contributed by atoms with van der Waals surface area (Å²) < 4.78 is 10.2. The molecule has 0 aliphatic heterocycles. The molecule has 9 heteroatoms. The van der Waals surface area contributed by atoms with Gasteiger partial charge in [-0.25, -0.2) is 4.79 Å². The average Bonchev–Trinajstić information content (AvgIpc) is 2.80. The molecule has 0 aromatic heterocycles. The molecule has 0 spiro atoms. The van der Waals surface area contributed by atoms with Gasteiger partial charge in [0.1, 0.15) is 18.2 Å². The van der Waals surface area contributed by atoms with Crippen LogP contribution in [0.5, 0.6) is 0 Å². The number of rotatable bonds is 14. The molecule has 2 N–H and O–H groups in total. The van der Waals surface area contributed by atoms with E-state index in [0.717, 1.165) is 30.4 Å². The molecule has 1 aromatic carbocycles. The number of ether oxygens (including phenoxy) is 2. The molecule has 1 rings (SSSR count). The number of carbonyl (C=O) groups excluding carboxylic acids is 4. The van der Waals surface area contributed by atoms with Crippen LogP contribution in [0.15, 0.2) is 18.2 Å². The van der Waals surface area contributed by atoms with Gasteiger partial charge in [-0.2, -0.15) is 0 Å². The van der Waals surface area contributed by atoms with Crippen LogP contribution in [-0.4, -0.2) is 60.6 Å². The van der Waals surface area contributed by atoms with Crippen LogP contribution in [0, 0.1) is 13.8 Å². The summed E-state index contributed by atoms with van der Waals surface area (Å²) in [5, 5.41) is 5.32. The van der Waals surface area contributed by atoms with Crippen molar-refractivity contribution < 1.29 is 28.7 Å². The molecule has 0 aliphatic carbocycles. The maximum absolute atomic E-state index is 13.5. The Morgan fingerprint density at radius 2 is 1.70 bits per heavy atom. The highest BCUT2D eigenvalue weighted by molar-refractivity contribution is 5.91. The van der Waals surface area contributed by atoms with Crippen molar-refractivity contribution in [2.75, 3.05) is 26.2 Å². The van der Waals surface area contributed by atoms with Crippen LogP contribution < -0.4 is 10.6 Å². The number of unbranched alkanes of at least 4 members (excludes halogenated alkanes) is 3. The van der Waals surface area contributed by atoms with Gasteiger partial charge >= 0.3 is 12.1 Å². The van der Waals surface area contributed by atoms with Gasteiger partial charge in [-0.1, -0.05) is 49.9 Å². The van der Waals surface area contributed by atoms with E-state index in [0.29, 0.717) is 18.5 Å². The summed E-state index contributed by atoms with van der Waals surface area (Å²) in [5.74, 6) is -1.19. The smallest absolute Gasteiger partial charge is 0.408 e. The molecular formula is C28H45N3O6. The van der Waals surface area contributed by atoms with Crippen molar-refractivity contribution in [2.45, 2.75) is 92.2 Å². The minimum absolute atomic E-state index is 0.0315. The summed E-state index contributed by atoms with van der Waals surface area (Å²) in [6, 6.07) is 4.85. The lowest BCUT2D eigenvalue weighted by Crippen LogP contribution is -2.48. The normalized spacial score (nSPS) is 11.9. The van der Waals surface area contributed by atoms with Gasteiger partial charge in [0.05, 0.1) is 13.0 Å². The van der Waals surface area contributed by atoms with Gasteiger partial charge in [0.15, 0.2) is 0 Å². The van der Waals surface area contributed by atoms with E-state index in [1.807, 2.05) is 32.0 Å². The highest BCUT2D eigenvalue weighted by atomic mass is 16.6. The first-order valence-corrected chi connectivity index (χ1v) is 13.2. The third kappa shape index (κ3) is 12.1. The summed E-state index contributed by atoms with van der Waals surface area (Å²) in [4.78, 5) is 52.5. The molecule has 0 fully saturated rings.